The predicted octanol–water partition coefficient (Wildman–Crippen LogP) is 5.85. The van der Waals surface area contributed by atoms with Crippen LogP contribution in [0.4, 0.5) is 5.82 Å². The summed E-state index contributed by atoms with van der Waals surface area (Å²) >= 11 is 7.29. The molecule has 170 valence electrons. The van der Waals surface area contributed by atoms with E-state index in [4.69, 9.17) is 16.1 Å². The molecule has 2 aromatic carbocycles. The first-order chi connectivity index (χ1) is 16.3. The number of amides is 1. The standard InChI is InChI=1S/C25H18ClN3O4S/c1-13-12-18(28-33-13)29-20(15-8-10-17(26)11-9-15)19(22(31)25(29)32)21(30)23-14(2)27-24(34-23)16-6-4-3-5-7-16/h3-12,20,31H,1-2H3/t20-/m1/s1. The first kappa shape index (κ1) is 22.1. The van der Waals surface area contributed by atoms with Gasteiger partial charge >= 0.3 is 0 Å². The van der Waals surface area contributed by atoms with Crippen molar-refractivity contribution in [2.24, 2.45) is 0 Å². The van der Waals surface area contributed by atoms with E-state index in [0.717, 1.165) is 5.56 Å². The third kappa shape index (κ3) is 3.70. The molecule has 1 atom stereocenters. The Morgan fingerprint density at radius 1 is 1.12 bits per heavy atom. The van der Waals surface area contributed by atoms with Crippen LogP contribution >= 0.6 is 22.9 Å². The highest BCUT2D eigenvalue weighted by Crippen LogP contribution is 2.43. The summed E-state index contributed by atoms with van der Waals surface area (Å²) in [5, 5.41) is 16.0. The minimum absolute atomic E-state index is 0.0423. The molecule has 34 heavy (non-hydrogen) atoms. The van der Waals surface area contributed by atoms with Gasteiger partial charge in [-0.25, -0.2) is 4.98 Å². The number of thiazole rings is 1. The van der Waals surface area contributed by atoms with Crippen LogP contribution in [-0.2, 0) is 4.79 Å². The number of aliphatic hydroxyl groups is 1. The molecule has 5 rings (SSSR count). The molecule has 2 aromatic heterocycles. The molecule has 0 saturated heterocycles. The monoisotopic (exact) mass is 491 g/mol. The summed E-state index contributed by atoms with van der Waals surface area (Å²) in [6, 6.07) is 16.9. The van der Waals surface area contributed by atoms with Crippen molar-refractivity contribution in [1.82, 2.24) is 10.1 Å². The molecule has 1 aliphatic heterocycles. The van der Waals surface area contributed by atoms with Gasteiger partial charge in [0, 0.05) is 16.7 Å². The van der Waals surface area contributed by atoms with Gasteiger partial charge in [-0.05, 0) is 31.5 Å². The lowest BCUT2D eigenvalue weighted by atomic mass is 9.95. The van der Waals surface area contributed by atoms with Crippen molar-refractivity contribution < 1.29 is 19.2 Å². The topological polar surface area (TPSA) is 96.5 Å². The van der Waals surface area contributed by atoms with Crippen LogP contribution in [0.3, 0.4) is 0 Å². The quantitative estimate of drug-likeness (QED) is 0.352. The minimum Gasteiger partial charge on any atom is -0.503 e. The van der Waals surface area contributed by atoms with E-state index in [2.05, 4.69) is 10.1 Å². The Kier molecular flexibility index (Phi) is 5.55. The average Bonchev–Trinajstić information content (AvgIpc) is 3.51. The number of aromatic nitrogens is 2. The van der Waals surface area contributed by atoms with Crippen molar-refractivity contribution in [3.8, 4) is 10.6 Å². The molecule has 1 N–H and O–H groups in total. The maximum Gasteiger partial charge on any atom is 0.295 e. The van der Waals surface area contributed by atoms with Gasteiger partial charge in [-0.3, -0.25) is 14.5 Å². The first-order valence-electron chi connectivity index (χ1n) is 10.4. The molecule has 9 heteroatoms. The number of carbonyl (C=O) groups excluding carboxylic acids is 2. The number of benzene rings is 2. The smallest absolute Gasteiger partial charge is 0.295 e. The van der Waals surface area contributed by atoms with E-state index in [-0.39, 0.29) is 11.4 Å². The van der Waals surface area contributed by atoms with Crippen LogP contribution in [0.5, 0.6) is 0 Å². The summed E-state index contributed by atoms with van der Waals surface area (Å²) in [6.07, 6.45) is 0. The van der Waals surface area contributed by atoms with Crippen LogP contribution in [-0.4, -0.2) is 26.9 Å². The lowest BCUT2D eigenvalue weighted by Crippen LogP contribution is -2.31. The Hall–Kier alpha value is -3.75. The fourth-order valence-electron chi connectivity index (χ4n) is 3.93. The summed E-state index contributed by atoms with van der Waals surface area (Å²) in [7, 11) is 0. The van der Waals surface area contributed by atoms with Crippen LogP contribution < -0.4 is 4.90 Å². The molecule has 0 saturated carbocycles. The zero-order valence-electron chi connectivity index (χ0n) is 18.2. The van der Waals surface area contributed by atoms with Gasteiger partial charge in [-0.2, -0.15) is 0 Å². The number of nitrogens with zero attached hydrogens (tertiary/aromatic N) is 3. The van der Waals surface area contributed by atoms with Gasteiger partial charge in [0.2, 0.25) is 5.78 Å². The largest absolute Gasteiger partial charge is 0.503 e. The second kappa shape index (κ2) is 8.55. The zero-order valence-corrected chi connectivity index (χ0v) is 19.7. The van der Waals surface area contributed by atoms with E-state index >= 15 is 0 Å². The summed E-state index contributed by atoms with van der Waals surface area (Å²) in [5.41, 5.74) is 1.95. The van der Waals surface area contributed by atoms with Crippen molar-refractivity contribution in [1.29, 1.82) is 0 Å². The number of Topliss-reactive ketones (excluding diaryl/α,β-unsaturated/α-hetero) is 1. The third-order valence-corrected chi connectivity index (χ3v) is 6.98. The van der Waals surface area contributed by atoms with E-state index in [1.807, 2.05) is 30.3 Å². The van der Waals surface area contributed by atoms with Gasteiger partial charge in [0.05, 0.1) is 22.2 Å². The van der Waals surface area contributed by atoms with Crippen molar-refractivity contribution in [2.45, 2.75) is 19.9 Å². The highest BCUT2D eigenvalue weighted by Gasteiger charge is 2.46. The Balaban J connectivity index is 1.63. The summed E-state index contributed by atoms with van der Waals surface area (Å²) in [6.45, 7) is 3.43. The number of carbonyl (C=O) groups is 2. The van der Waals surface area contributed by atoms with Gasteiger partial charge in [-0.1, -0.05) is 59.2 Å². The molecule has 1 amide bonds. The number of anilines is 1. The minimum atomic E-state index is -0.913. The molecule has 0 bridgehead atoms. The van der Waals surface area contributed by atoms with E-state index in [1.165, 1.54) is 16.2 Å². The summed E-state index contributed by atoms with van der Waals surface area (Å²) < 4.78 is 5.16. The normalized spacial score (nSPS) is 15.9. The molecule has 4 aromatic rings. The Bertz CT molecular complexity index is 1440. The summed E-state index contributed by atoms with van der Waals surface area (Å²) in [4.78, 5) is 33.1. The number of halogens is 1. The van der Waals surface area contributed by atoms with Gasteiger partial charge in [-0.15, -0.1) is 11.3 Å². The van der Waals surface area contributed by atoms with Crippen molar-refractivity contribution >= 4 is 40.4 Å². The second-order valence-electron chi connectivity index (χ2n) is 7.82. The number of rotatable bonds is 5. The Labute approximate surface area is 203 Å². The molecule has 7 nitrogen and oxygen atoms in total. The SMILES string of the molecule is Cc1cc(N2C(=O)C(O)=C(C(=O)c3sc(-c4ccccc4)nc3C)[C@H]2c2ccc(Cl)cc2)no1. The maximum atomic E-state index is 13.8. The highest BCUT2D eigenvalue weighted by atomic mass is 35.5. The van der Waals surface area contributed by atoms with Crippen molar-refractivity contribution in [3.63, 3.8) is 0 Å². The molecule has 0 unspecified atom stereocenters. The molecule has 1 aliphatic rings. The number of hydrogen-bond donors (Lipinski definition) is 1. The van der Waals surface area contributed by atoms with E-state index in [9.17, 15) is 14.7 Å². The molecule has 0 radical (unpaired) electrons. The Morgan fingerprint density at radius 3 is 2.47 bits per heavy atom. The fraction of sp³-hybridized carbons (Fsp3) is 0.120. The number of aryl methyl sites for hydroxylation is 2. The van der Waals surface area contributed by atoms with Crippen LogP contribution in [0.15, 0.2) is 76.5 Å². The molecule has 0 fully saturated rings. The van der Waals surface area contributed by atoms with E-state index in [1.54, 1.807) is 44.2 Å². The lowest BCUT2D eigenvalue weighted by molar-refractivity contribution is -0.117. The molecular weight excluding hydrogens is 474 g/mol. The maximum absolute atomic E-state index is 13.8. The molecule has 3 heterocycles. The number of ketones is 1. The molecular formula is C25H18ClN3O4S. The van der Waals surface area contributed by atoms with Crippen LogP contribution in [0.25, 0.3) is 10.6 Å². The van der Waals surface area contributed by atoms with Gasteiger partial charge < -0.3 is 9.63 Å². The van der Waals surface area contributed by atoms with Crippen LogP contribution in [0.2, 0.25) is 5.02 Å². The Morgan fingerprint density at radius 2 is 1.82 bits per heavy atom. The molecule has 0 spiro atoms. The number of aliphatic hydroxyl groups excluding tert-OH is 1. The van der Waals surface area contributed by atoms with Crippen molar-refractivity contribution in [3.05, 3.63) is 98.9 Å². The lowest BCUT2D eigenvalue weighted by Gasteiger charge is -2.24. The van der Waals surface area contributed by atoms with E-state index in [0.29, 0.717) is 31.9 Å². The van der Waals surface area contributed by atoms with E-state index < -0.39 is 23.5 Å². The predicted molar refractivity (Wildman–Crippen MR) is 129 cm³/mol. The first-order valence-corrected chi connectivity index (χ1v) is 11.6. The molecule has 0 aliphatic carbocycles. The fourth-order valence-corrected chi connectivity index (χ4v) is 5.09. The number of hydrogen-bond acceptors (Lipinski definition) is 7. The highest BCUT2D eigenvalue weighted by molar-refractivity contribution is 7.17. The third-order valence-electron chi connectivity index (χ3n) is 5.52. The van der Waals surface area contributed by atoms with Gasteiger partial charge in [0.1, 0.15) is 10.8 Å². The average molecular weight is 492 g/mol. The van der Waals surface area contributed by atoms with Gasteiger partial charge in [0.25, 0.3) is 5.91 Å². The zero-order chi connectivity index (χ0) is 24.0. The van der Waals surface area contributed by atoms with Crippen LogP contribution in [0.1, 0.15) is 32.7 Å². The van der Waals surface area contributed by atoms with Crippen LogP contribution in [0, 0.1) is 13.8 Å². The van der Waals surface area contributed by atoms with Crippen molar-refractivity contribution in [2.75, 3.05) is 4.90 Å². The van der Waals surface area contributed by atoms with Gasteiger partial charge in [0.15, 0.2) is 11.6 Å². The summed E-state index contributed by atoms with van der Waals surface area (Å²) in [5.74, 6) is -1.14. The second-order valence-corrected chi connectivity index (χ2v) is 9.25.